The molecule has 3 N–H and O–H groups in total. The number of hydrogen-bond donors (Lipinski definition) is 3. The second kappa shape index (κ2) is 8.55. The predicted molar refractivity (Wildman–Crippen MR) is 103 cm³/mol. The van der Waals surface area contributed by atoms with Crippen molar-refractivity contribution < 1.29 is 19.0 Å². The van der Waals surface area contributed by atoms with Crippen molar-refractivity contribution >= 4 is 34.6 Å². The third-order valence-electron chi connectivity index (χ3n) is 3.73. The molecule has 0 bridgehead atoms. The zero-order valence-electron chi connectivity index (χ0n) is 14.9. The van der Waals surface area contributed by atoms with Crippen LogP contribution in [0.1, 0.15) is 10.4 Å². The van der Waals surface area contributed by atoms with E-state index in [1.54, 1.807) is 0 Å². The lowest BCUT2D eigenvalue weighted by Crippen LogP contribution is -2.30. The van der Waals surface area contributed by atoms with E-state index in [2.05, 4.69) is 26.1 Å². The average Bonchev–Trinajstić information content (AvgIpc) is 2.73. The monoisotopic (exact) mass is 413 g/mol. The molecule has 13 heteroatoms. The number of nitrogens with zero attached hydrogens (tertiary/aromatic N) is 4. The third kappa shape index (κ3) is 4.59. The molecule has 0 atom stereocenters. The molecule has 0 unspecified atom stereocenters. The summed E-state index contributed by atoms with van der Waals surface area (Å²) in [5.41, 5.74) is 3.93. The fourth-order valence-electron chi connectivity index (χ4n) is 2.35. The molecule has 0 fully saturated rings. The normalized spacial score (nSPS) is 10.2. The summed E-state index contributed by atoms with van der Waals surface area (Å²) in [6, 6.07) is 9.96. The number of hydrogen-bond acceptors (Lipinski definition) is 9. The van der Waals surface area contributed by atoms with E-state index in [1.807, 2.05) is 0 Å². The quantitative estimate of drug-likeness (QED) is 0.390. The Bertz CT molecular complexity index is 1120. The number of aromatic nitrogens is 2. The van der Waals surface area contributed by atoms with Crippen LogP contribution in [0, 0.1) is 26.0 Å². The highest BCUT2D eigenvalue weighted by atomic mass is 19.1. The van der Waals surface area contributed by atoms with Crippen molar-refractivity contribution in [3.8, 4) is 0 Å². The molecule has 0 aliphatic heterocycles. The number of nitro benzene ring substituents is 1. The molecule has 1 amide bonds. The van der Waals surface area contributed by atoms with E-state index in [9.17, 15) is 29.4 Å². The van der Waals surface area contributed by atoms with E-state index in [1.165, 1.54) is 30.3 Å². The number of anilines is 3. The standard InChI is InChI=1S/C17H12FN7O5/c18-11-4-6-12(7-5-11)21-15-14(25(29)30)16(20-9-19-15)22-23-17(26)10-2-1-3-13(8-10)24(27)28/h1-9H,(H,23,26)(H2,19,20,21,22). The van der Waals surface area contributed by atoms with Gasteiger partial charge in [-0.1, -0.05) is 6.07 Å². The first-order chi connectivity index (χ1) is 14.3. The molecule has 2 aromatic carbocycles. The number of halogens is 1. The maximum absolute atomic E-state index is 13.0. The van der Waals surface area contributed by atoms with E-state index >= 15 is 0 Å². The van der Waals surface area contributed by atoms with Gasteiger partial charge in [0.05, 0.1) is 9.85 Å². The lowest BCUT2D eigenvalue weighted by Gasteiger charge is -2.11. The molecule has 152 valence electrons. The molecule has 0 aliphatic carbocycles. The van der Waals surface area contributed by atoms with Crippen LogP contribution in [-0.2, 0) is 0 Å². The number of non-ortho nitro benzene ring substituents is 1. The summed E-state index contributed by atoms with van der Waals surface area (Å²) in [7, 11) is 0. The van der Waals surface area contributed by atoms with Crippen molar-refractivity contribution in [3.63, 3.8) is 0 Å². The molecule has 3 aromatic rings. The van der Waals surface area contributed by atoms with E-state index < -0.39 is 27.3 Å². The molecule has 0 saturated carbocycles. The zero-order chi connectivity index (χ0) is 21.7. The molecule has 3 rings (SSSR count). The van der Waals surface area contributed by atoms with Gasteiger partial charge in [-0.15, -0.1) is 0 Å². The molecule has 0 spiro atoms. The summed E-state index contributed by atoms with van der Waals surface area (Å²) < 4.78 is 13.0. The fourth-order valence-corrected chi connectivity index (χ4v) is 2.35. The van der Waals surface area contributed by atoms with Gasteiger partial charge in [-0.2, -0.15) is 0 Å². The van der Waals surface area contributed by atoms with E-state index in [0.717, 1.165) is 24.5 Å². The van der Waals surface area contributed by atoms with Crippen LogP contribution >= 0.6 is 0 Å². The van der Waals surface area contributed by atoms with Crippen LogP contribution < -0.4 is 16.2 Å². The number of nitrogens with one attached hydrogen (secondary N) is 3. The van der Waals surface area contributed by atoms with Crippen molar-refractivity contribution in [1.82, 2.24) is 15.4 Å². The van der Waals surface area contributed by atoms with Crippen LogP contribution in [0.15, 0.2) is 54.9 Å². The number of carbonyl (C=O) groups is 1. The summed E-state index contributed by atoms with van der Waals surface area (Å²) in [5.74, 6) is -1.80. The van der Waals surface area contributed by atoms with Crippen LogP contribution in [0.2, 0.25) is 0 Å². The van der Waals surface area contributed by atoms with Crippen LogP contribution in [0.4, 0.5) is 33.1 Å². The molecule has 12 nitrogen and oxygen atoms in total. The van der Waals surface area contributed by atoms with Crippen molar-refractivity contribution in [3.05, 3.63) is 86.5 Å². The maximum Gasteiger partial charge on any atom is 0.355 e. The van der Waals surface area contributed by atoms with Gasteiger partial charge in [0.2, 0.25) is 11.6 Å². The number of amides is 1. The summed E-state index contributed by atoms with van der Waals surface area (Å²) in [6.45, 7) is 0. The van der Waals surface area contributed by atoms with Gasteiger partial charge >= 0.3 is 5.69 Å². The summed E-state index contributed by atoms with van der Waals surface area (Å²) in [6.07, 6.45) is 1.01. The van der Waals surface area contributed by atoms with Gasteiger partial charge in [0.15, 0.2) is 0 Å². The first kappa shape index (κ1) is 20.1. The minimum absolute atomic E-state index is 0.0435. The average molecular weight is 413 g/mol. The van der Waals surface area contributed by atoms with Gasteiger partial charge in [-0.25, -0.2) is 14.4 Å². The molecular weight excluding hydrogens is 401 g/mol. The highest BCUT2D eigenvalue weighted by molar-refractivity contribution is 5.95. The minimum atomic E-state index is -0.778. The molecular formula is C17H12FN7O5. The fraction of sp³-hybridized carbons (Fsp3) is 0. The van der Waals surface area contributed by atoms with Gasteiger partial charge in [0, 0.05) is 23.4 Å². The van der Waals surface area contributed by atoms with Gasteiger partial charge in [0.1, 0.15) is 12.1 Å². The summed E-state index contributed by atoms with van der Waals surface area (Å²) in [4.78, 5) is 40.7. The molecule has 0 aliphatic rings. The first-order valence-corrected chi connectivity index (χ1v) is 8.18. The third-order valence-corrected chi connectivity index (χ3v) is 3.73. The topological polar surface area (TPSA) is 165 Å². The number of hydrazine groups is 1. The molecule has 30 heavy (non-hydrogen) atoms. The number of carbonyl (C=O) groups excluding carboxylic acids is 1. The Morgan fingerprint density at radius 3 is 2.33 bits per heavy atom. The zero-order valence-corrected chi connectivity index (χ0v) is 14.9. The van der Waals surface area contributed by atoms with Crippen LogP contribution in [0.3, 0.4) is 0 Å². The smallest absolute Gasteiger partial charge is 0.334 e. The minimum Gasteiger partial charge on any atom is -0.334 e. The second-order valence-electron chi connectivity index (χ2n) is 5.70. The van der Waals surface area contributed by atoms with Crippen molar-refractivity contribution in [2.24, 2.45) is 0 Å². The van der Waals surface area contributed by atoms with Crippen molar-refractivity contribution in [2.45, 2.75) is 0 Å². The van der Waals surface area contributed by atoms with E-state index in [0.29, 0.717) is 5.69 Å². The second-order valence-corrected chi connectivity index (χ2v) is 5.70. The summed E-state index contributed by atoms with van der Waals surface area (Å²) in [5, 5.41) is 25.0. The molecule has 1 heterocycles. The Labute approximate surface area is 167 Å². The Morgan fingerprint density at radius 1 is 0.967 bits per heavy atom. The van der Waals surface area contributed by atoms with Gasteiger partial charge in [-0.3, -0.25) is 35.9 Å². The van der Waals surface area contributed by atoms with Crippen molar-refractivity contribution in [1.29, 1.82) is 0 Å². The van der Waals surface area contributed by atoms with Gasteiger partial charge in [0.25, 0.3) is 11.6 Å². The SMILES string of the molecule is O=C(NNc1ncnc(Nc2ccc(F)cc2)c1[N+](=O)[O-])c1cccc([N+](=O)[O-])c1. The Morgan fingerprint density at radius 2 is 1.67 bits per heavy atom. The lowest BCUT2D eigenvalue weighted by molar-refractivity contribution is -0.384. The molecule has 0 saturated heterocycles. The van der Waals surface area contributed by atoms with Crippen LogP contribution in [-0.4, -0.2) is 25.7 Å². The van der Waals surface area contributed by atoms with Gasteiger partial charge < -0.3 is 5.32 Å². The Kier molecular flexibility index (Phi) is 5.72. The van der Waals surface area contributed by atoms with E-state index in [4.69, 9.17) is 0 Å². The van der Waals surface area contributed by atoms with Crippen molar-refractivity contribution in [2.75, 3.05) is 10.7 Å². The highest BCUT2D eigenvalue weighted by Gasteiger charge is 2.24. The van der Waals surface area contributed by atoms with Gasteiger partial charge in [-0.05, 0) is 30.3 Å². The maximum atomic E-state index is 13.0. The first-order valence-electron chi connectivity index (χ1n) is 8.18. The largest absolute Gasteiger partial charge is 0.355 e. The van der Waals surface area contributed by atoms with Crippen LogP contribution in [0.25, 0.3) is 0 Å². The Hall–Kier alpha value is -4.68. The highest BCUT2D eigenvalue weighted by Crippen LogP contribution is 2.30. The predicted octanol–water partition coefficient (Wildman–Crippen LogP) is 2.93. The van der Waals surface area contributed by atoms with Crippen LogP contribution in [0.5, 0.6) is 0 Å². The molecule has 0 radical (unpaired) electrons. The number of rotatable bonds is 7. The Balaban J connectivity index is 1.81. The number of benzene rings is 2. The summed E-state index contributed by atoms with van der Waals surface area (Å²) >= 11 is 0. The number of nitro groups is 2. The molecule has 1 aromatic heterocycles. The lowest BCUT2D eigenvalue weighted by atomic mass is 10.2. The van der Waals surface area contributed by atoms with E-state index in [-0.39, 0.29) is 22.9 Å².